The average molecular weight is 287 g/mol. The predicted molar refractivity (Wildman–Crippen MR) is 78.2 cm³/mol. The quantitative estimate of drug-likeness (QED) is 0.751. The predicted octanol–water partition coefficient (Wildman–Crippen LogP) is 3.89. The summed E-state index contributed by atoms with van der Waals surface area (Å²) in [5.41, 5.74) is 3.48. The molecule has 4 nitrogen and oxygen atoms in total. The van der Waals surface area contributed by atoms with Crippen molar-refractivity contribution >= 4 is 28.6 Å². The van der Waals surface area contributed by atoms with Gasteiger partial charge < -0.3 is 10.1 Å². The Kier molecular flexibility index (Phi) is 2.95. The zero-order valence-corrected chi connectivity index (χ0v) is 11.4. The van der Waals surface area contributed by atoms with Crippen molar-refractivity contribution in [3.63, 3.8) is 0 Å². The SMILES string of the molecule is Cc1ccc(-c2nc3ccc(C(=O)O)cc3[nH]2)c(Cl)c1. The van der Waals surface area contributed by atoms with E-state index in [0.717, 1.165) is 11.1 Å². The molecule has 0 aliphatic heterocycles. The van der Waals surface area contributed by atoms with Gasteiger partial charge >= 0.3 is 5.97 Å². The van der Waals surface area contributed by atoms with Crippen LogP contribution in [0.5, 0.6) is 0 Å². The second kappa shape index (κ2) is 4.65. The van der Waals surface area contributed by atoms with E-state index in [1.807, 2.05) is 25.1 Å². The molecule has 0 unspecified atom stereocenters. The zero-order valence-electron chi connectivity index (χ0n) is 10.6. The van der Waals surface area contributed by atoms with Crippen LogP contribution >= 0.6 is 11.6 Å². The molecular weight excluding hydrogens is 276 g/mol. The molecule has 0 aliphatic carbocycles. The second-order valence-electron chi connectivity index (χ2n) is 4.61. The van der Waals surface area contributed by atoms with Gasteiger partial charge in [0, 0.05) is 5.56 Å². The van der Waals surface area contributed by atoms with E-state index >= 15 is 0 Å². The molecule has 0 saturated heterocycles. The number of aromatic amines is 1. The van der Waals surface area contributed by atoms with Gasteiger partial charge in [0.1, 0.15) is 5.82 Å². The lowest BCUT2D eigenvalue weighted by Crippen LogP contribution is -1.94. The summed E-state index contributed by atoms with van der Waals surface area (Å²) < 4.78 is 0. The minimum absolute atomic E-state index is 0.225. The van der Waals surface area contributed by atoms with Crippen LogP contribution in [-0.4, -0.2) is 21.0 Å². The molecule has 0 aliphatic rings. The van der Waals surface area contributed by atoms with Gasteiger partial charge in [-0.1, -0.05) is 17.7 Å². The minimum atomic E-state index is -0.962. The Morgan fingerprint density at radius 1 is 1.25 bits per heavy atom. The number of aromatic nitrogens is 2. The summed E-state index contributed by atoms with van der Waals surface area (Å²) in [4.78, 5) is 18.5. The summed E-state index contributed by atoms with van der Waals surface area (Å²) in [6.07, 6.45) is 0. The molecule has 5 heteroatoms. The van der Waals surface area contributed by atoms with Crippen LogP contribution in [-0.2, 0) is 0 Å². The maximum Gasteiger partial charge on any atom is 0.335 e. The number of hydrogen-bond donors (Lipinski definition) is 2. The van der Waals surface area contributed by atoms with Crippen LogP contribution in [0.3, 0.4) is 0 Å². The van der Waals surface area contributed by atoms with E-state index in [9.17, 15) is 4.79 Å². The summed E-state index contributed by atoms with van der Waals surface area (Å²) in [6, 6.07) is 10.5. The Morgan fingerprint density at radius 3 is 2.75 bits per heavy atom. The maximum atomic E-state index is 11.0. The van der Waals surface area contributed by atoms with Crippen LogP contribution in [0, 0.1) is 6.92 Å². The van der Waals surface area contributed by atoms with Crippen LogP contribution in [0.2, 0.25) is 5.02 Å². The Hall–Kier alpha value is -2.33. The van der Waals surface area contributed by atoms with Crippen LogP contribution in [0.15, 0.2) is 36.4 Å². The summed E-state index contributed by atoms with van der Waals surface area (Å²) in [6.45, 7) is 1.97. The third-order valence-corrected chi connectivity index (χ3v) is 3.42. The summed E-state index contributed by atoms with van der Waals surface area (Å²) in [7, 11) is 0. The van der Waals surface area contributed by atoms with Gasteiger partial charge in [-0.2, -0.15) is 0 Å². The maximum absolute atomic E-state index is 11.0. The fourth-order valence-corrected chi connectivity index (χ4v) is 2.41. The van der Waals surface area contributed by atoms with E-state index in [1.165, 1.54) is 6.07 Å². The van der Waals surface area contributed by atoms with Gasteiger partial charge in [-0.05, 0) is 42.8 Å². The first-order valence-corrected chi connectivity index (χ1v) is 6.42. The number of carbonyl (C=O) groups is 1. The van der Waals surface area contributed by atoms with Crippen molar-refractivity contribution in [1.29, 1.82) is 0 Å². The van der Waals surface area contributed by atoms with Crippen LogP contribution < -0.4 is 0 Å². The van der Waals surface area contributed by atoms with Crippen LogP contribution in [0.1, 0.15) is 15.9 Å². The largest absolute Gasteiger partial charge is 0.478 e. The number of carboxylic acids is 1. The summed E-state index contributed by atoms with van der Waals surface area (Å²) >= 11 is 6.22. The lowest BCUT2D eigenvalue weighted by atomic mass is 10.1. The number of hydrogen-bond acceptors (Lipinski definition) is 2. The van der Waals surface area contributed by atoms with Gasteiger partial charge in [-0.15, -0.1) is 0 Å². The van der Waals surface area contributed by atoms with Gasteiger partial charge in [0.25, 0.3) is 0 Å². The van der Waals surface area contributed by atoms with Crippen molar-refractivity contribution < 1.29 is 9.90 Å². The molecule has 1 heterocycles. The number of carboxylic acid groups (broad SMARTS) is 1. The first kappa shape index (κ1) is 12.7. The van der Waals surface area contributed by atoms with Gasteiger partial charge in [0.2, 0.25) is 0 Å². The lowest BCUT2D eigenvalue weighted by Gasteiger charge is -2.01. The lowest BCUT2D eigenvalue weighted by molar-refractivity contribution is 0.0697. The van der Waals surface area contributed by atoms with Gasteiger partial charge in [-0.25, -0.2) is 9.78 Å². The number of benzene rings is 2. The van der Waals surface area contributed by atoms with Crippen LogP contribution in [0.25, 0.3) is 22.4 Å². The van der Waals surface area contributed by atoms with Crippen molar-refractivity contribution in [3.05, 3.63) is 52.5 Å². The fraction of sp³-hybridized carbons (Fsp3) is 0.0667. The number of fused-ring (bicyclic) bond motifs is 1. The van der Waals surface area contributed by atoms with Gasteiger partial charge in [0.15, 0.2) is 0 Å². The molecule has 0 spiro atoms. The molecule has 2 aromatic carbocycles. The Morgan fingerprint density at radius 2 is 2.05 bits per heavy atom. The number of nitrogens with zero attached hydrogens (tertiary/aromatic N) is 1. The molecule has 1 aromatic heterocycles. The van der Waals surface area contributed by atoms with Crippen molar-refractivity contribution in [3.8, 4) is 11.4 Å². The summed E-state index contributed by atoms with van der Waals surface area (Å²) in [5, 5.41) is 9.60. The van der Waals surface area contributed by atoms with Crippen LogP contribution in [0.4, 0.5) is 0 Å². The molecule has 20 heavy (non-hydrogen) atoms. The number of nitrogens with one attached hydrogen (secondary N) is 1. The fourth-order valence-electron chi connectivity index (χ4n) is 2.08. The third kappa shape index (κ3) is 2.14. The topological polar surface area (TPSA) is 66.0 Å². The van der Waals surface area contributed by atoms with Crippen molar-refractivity contribution in [2.45, 2.75) is 6.92 Å². The zero-order chi connectivity index (χ0) is 14.3. The monoisotopic (exact) mass is 286 g/mol. The number of H-pyrrole nitrogens is 1. The molecular formula is C15H11ClN2O2. The van der Waals surface area contributed by atoms with E-state index in [2.05, 4.69) is 9.97 Å². The molecule has 100 valence electrons. The summed E-state index contributed by atoms with van der Waals surface area (Å²) in [5.74, 6) is -0.330. The number of aromatic carboxylic acids is 1. The molecule has 0 bridgehead atoms. The molecule has 0 saturated carbocycles. The highest BCUT2D eigenvalue weighted by Gasteiger charge is 2.11. The average Bonchev–Trinajstić information content (AvgIpc) is 2.80. The van der Waals surface area contributed by atoms with E-state index in [0.29, 0.717) is 21.9 Å². The van der Waals surface area contributed by atoms with Gasteiger partial charge in [-0.3, -0.25) is 0 Å². The number of halogens is 1. The Balaban J connectivity index is 2.15. The van der Waals surface area contributed by atoms with E-state index in [-0.39, 0.29) is 5.56 Å². The molecule has 3 rings (SSSR count). The molecule has 0 radical (unpaired) electrons. The first-order chi connectivity index (χ1) is 9.54. The van der Waals surface area contributed by atoms with Crippen molar-refractivity contribution in [2.75, 3.05) is 0 Å². The molecule has 0 atom stereocenters. The highest BCUT2D eigenvalue weighted by Crippen LogP contribution is 2.28. The van der Waals surface area contributed by atoms with E-state index in [1.54, 1.807) is 12.1 Å². The van der Waals surface area contributed by atoms with Gasteiger partial charge in [0.05, 0.1) is 21.6 Å². The number of imidazole rings is 1. The minimum Gasteiger partial charge on any atom is -0.478 e. The Bertz CT molecular complexity index is 824. The highest BCUT2D eigenvalue weighted by molar-refractivity contribution is 6.33. The second-order valence-corrected chi connectivity index (χ2v) is 5.01. The normalized spacial score (nSPS) is 10.9. The Labute approximate surface area is 120 Å². The van der Waals surface area contributed by atoms with E-state index < -0.39 is 5.97 Å². The van der Waals surface area contributed by atoms with Crippen molar-refractivity contribution in [1.82, 2.24) is 9.97 Å². The third-order valence-electron chi connectivity index (χ3n) is 3.11. The first-order valence-electron chi connectivity index (χ1n) is 6.04. The molecule has 2 N–H and O–H groups in total. The molecule has 0 fully saturated rings. The number of rotatable bonds is 2. The molecule has 0 amide bonds. The van der Waals surface area contributed by atoms with Crippen molar-refractivity contribution in [2.24, 2.45) is 0 Å². The van der Waals surface area contributed by atoms with E-state index in [4.69, 9.17) is 16.7 Å². The number of aryl methyl sites for hydroxylation is 1. The molecule has 3 aromatic rings. The smallest absolute Gasteiger partial charge is 0.335 e. The standard InChI is InChI=1S/C15H11ClN2O2/c1-8-2-4-10(11(16)6-8)14-17-12-5-3-9(15(19)20)7-13(12)18-14/h2-7H,1H3,(H,17,18)(H,19,20). The highest BCUT2D eigenvalue weighted by atomic mass is 35.5.